The van der Waals surface area contributed by atoms with E-state index in [1.54, 1.807) is 6.92 Å². The van der Waals surface area contributed by atoms with Gasteiger partial charge in [-0.05, 0) is 56.4 Å². The molecular formula is C21H26N2O. The first kappa shape index (κ1) is 16.7. The number of carbonyl (C=O) groups is 1. The van der Waals surface area contributed by atoms with Crippen LogP contribution in [0.1, 0.15) is 53.8 Å². The molecule has 0 saturated carbocycles. The monoisotopic (exact) mass is 322 g/mol. The molecule has 1 saturated heterocycles. The summed E-state index contributed by atoms with van der Waals surface area (Å²) in [6.07, 6.45) is 2.98. The van der Waals surface area contributed by atoms with Gasteiger partial charge in [0.2, 0.25) is 5.91 Å². The molecule has 1 fully saturated rings. The lowest BCUT2D eigenvalue weighted by atomic mass is 9.91. The summed E-state index contributed by atoms with van der Waals surface area (Å²) in [5.41, 5.74) is 6.24. The fourth-order valence-corrected chi connectivity index (χ4v) is 3.51. The maximum Gasteiger partial charge on any atom is 0.219 e. The fraction of sp³-hybridized carbons (Fsp3) is 0.429. The lowest BCUT2D eigenvalue weighted by molar-refractivity contribution is -0.129. The van der Waals surface area contributed by atoms with E-state index in [1.165, 1.54) is 22.4 Å². The van der Waals surface area contributed by atoms with Crippen molar-refractivity contribution in [2.24, 2.45) is 0 Å². The molecule has 0 spiro atoms. The summed E-state index contributed by atoms with van der Waals surface area (Å²) in [7, 11) is 0. The quantitative estimate of drug-likeness (QED) is 0.855. The second-order valence-electron chi connectivity index (χ2n) is 6.98. The number of hydrogen-bond donors (Lipinski definition) is 0. The van der Waals surface area contributed by atoms with E-state index in [2.05, 4.69) is 50.2 Å². The minimum absolute atomic E-state index is 0.186. The van der Waals surface area contributed by atoms with Gasteiger partial charge in [0, 0.05) is 37.3 Å². The predicted octanol–water partition coefficient (Wildman–Crippen LogP) is 4.02. The van der Waals surface area contributed by atoms with Crippen LogP contribution in [0.2, 0.25) is 0 Å². The molecule has 3 rings (SSSR count). The van der Waals surface area contributed by atoms with Gasteiger partial charge in [-0.15, -0.1) is 0 Å². The number of pyridine rings is 1. The van der Waals surface area contributed by atoms with Crippen molar-refractivity contribution in [2.45, 2.75) is 46.0 Å². The number of carbonyl (C=O) groups excluding carboxylic acids is 1. The third-order valence-corrected chi connectivity index (χ3v) is 4.92. The SMILES string of the molecule is CC(=O)N1CCC(c2cc(Cc3ccc(C)cc3)cc(C)n2)CC1. The molecule has 126 valence electrons. The summed E-state index contributed by atoms with van der Waals surface area (Å²) in [4.78, 5) is 18.2. The number of nitrogens with zero attached hydrogens (tertiary/aromatic N) is 2. The molecule has 0 radical (unpaired) electrons. The van der Waals surface area contributed by atoms with Crippen molar-refractivity contribution < 1.29 is 4.79 Å². The van der Waals surface area contributed by atoms with Crippen LogP contribution in [0.3, 0.4) is 0 Å². The topological polar surface area (TPSA) is 33.2 Å². The first-order chi connectivity index (χ1) is 11.5. The number of rotatable bonds is 3. The average molecular weight is 322 g/mol. The molecule has 2 heterocycles. The smallest absolute Gasteiger partial charge is 0.219 e. The molecule has 0 atom stereocenters. The van der Waals surface area contributed by atoms with E-state index >= 15 is 0 Å². The van der Waals surface area contributed by atoms with Gasteiger partial charge in [0.15, 0.2) is 0 Å². The Hall–Kier alpha value is -2.16. The lowest BCUT2D eigenvalue weighted by Crippen LogP contribution is -2.36. The third-order valence-electron chi connectivity index (χ3n) is 4.92. The van der Waals surface area contributed by atoms with Crippen LogP contribution in [-0.4, -0.2) is 28.9 Å². The molecule has 1 aromatic carbocycles. The molecular weight excluding hydrogens is 296 g/mol. The van der Waals surface area contributed by atoms with E-state index in [9.17, 15) is 4.79 Å². The number of piperidine rings is 1. The van der Waals surface area contributed by atoms with Crippen LogP contribution in [0.25, 0.3) is 0 Å². The third kappa shape index (κ3) is 4.02. The number of benzene rings is 1. The Balaban J connectivity index is 1.74. The summed E-state index contributed by atoms with van der Waals surface area (Å²) in [6.45, 7) is 7.55. The summed E-state index contributed by atoms with van der Waals surface area (Å²) >= 11 is 0. The highest BCUT2D eigenvalue weighted by atomic mass is 16.2. The maximum absolute atomic E-state index is 11.5. The molecule has 1 aliphatic heterocycles. The molecule has 3 heteroatoms. The largest absolute Gasteiger partial charge is 0.343 e. The van der Waals surface area contributed by atoms with Gasteiger partial charge < -0.3 is 4.90 Å². The number of hydrogen-bond acceptors (Lipinski definition) is 2. The van der Waals surface area contributed by atoms with Gasteiger partial charge in [-0.2, -0.15) is 0 Å². The first-order valence-corrected chi connectivity index (χ1v) is 8.80. The molecule has 0 bridgehead atoms. The van der Waals surface area contributed by atoms with Crippen LogP contribution >= 0.6 is 0 Å². The minimum atomic E-state index is 0.186. The Morgan fingerprint density at radius 1 is 1.08 bits per heavy atom. The van der Waals surface area contributed by atoms with E-state index in [1.807, 2.05) is 4.90 Å². The highest BCUT2D eigenvalue weighted by Gasteiger charge is 2.23. The zero-order chi connectivity index (χ0) is 17.1. The van der Waals surface area contributed by atoms with Crippen molar-refractivity contribution in [3.8, 4) is 0 Å². The Morgan fingerprint density at radius 3 is 2.38 bits per heavy atom. The average Bonchev–Trinajstić information content (AvgIpc) is 2.56. The van der Waals surface area contributed by atoms with Gasteiger partial charge in [0.25, 0.3) is 0 Å². The van der Waals surface area contributed by atoms with E-state index < -0.39 is 0 Å². The minimum Gasteiger partial charge on any atom is -0.343 e. The zero-order valence-corrected chi connectivity index (χ0v) is 14.9. The molecule has 0 N–H and O–H groups in total. The summed E-state index contributed by atoms with van der Waals surface area (Å²) in [6, 6.07) is 13.2. The molecule has 24 heavy (non-hydrogen) atoms. The van der Waals surface area contributed by atoms with Crippen molar-refractivity contribution in [3.63, 3.8) is 0 Å². The van der Waals surface area contributed by atoms with Gasteiger partial charge in [-0.3, -0.25) is 9.78 Å². The standard InChI is InChI=1S/C21H26N2O/c1-15-4-6-18(7-5-15)13-19-12-16(2)22-21(14-19)20-8-10-23(11-9-20)17(3)24/h4-7,12,14,20H,8-11,13H2,1-3H3. The van der Waals surface area contributed by atoms with E-state index in [-0.39, 0.29) is 5.91 Å². The highest BCUT2D eigenvalue weighted by molar-refractivity contribution is 5.73. The van der Waals surface area contributed by atoms with Crippen LogP contribution in [-0.2, 0) is 11.2 Å². The Morgan fingerprint density at radius 2 is 1.75 bits per heavy atom. The molecule has 1 aliphatic rings. The van der Waals surface area contributed by atoms with Crippen molar-refractivity contribution in [1.82, 2.24) is 9.88 Å². The number of aromatic nitrogens is 1. The summed E-state index contributed by atoms with van der Waals surface area (Å²) in [5.74, 6) is 0.656. The Labute approximate surface area is 144 Å². The number of likely N-dealkylation sites (tertiary alicyclic amines) is 1. The van der Waals surface area contributed by atoms with Crippen molar-refractivity contribution in [3.05, 3.63) is 64.5 Å². The highest BCUT2D eigenvalue weighted by Crippen LogP contribution is 2.28. The van der Waals surface area contributed by atoms with Gasteiger partial charge in [-0.1, -0.05) is 29.8 Å². The molecule has 1 amide bonds. The van der Waals surface area contributed by atoms with Gasteiger partial charge in [0.1, 0.15) is 0 Å². The van der Waals surface area contributed by atoms with Crippen molar-refractivity contribution in [2.75, 3.05) is 13.1 Å². The van der Waals surface area contributed by atoms with Gasteiger partial charge in [0.05, 0.1) is 0 Å². The van der Waals surface area contributed by atoms with Crippen LogP contribution in [0.15, 0.2) is 36.4 Å². The van der Waals surface area contributed by atoms with Gasteiger partial charge >= 0.3 is 0 Å². The van der Waals surface area contributed by atoms with Crippen LogP contribution < -0.4 is 0 Å². The second-order valence-corrected chi connectivity index (χ2v) is 6.98. The lowest BCUT2D eigenvalue weighted by Gasteiger charge is -2.31. The summed E-state index contributed by atoms with van der Waals surface area (Å²) < 4.78 is 0. The Kier molecular flexibility index (Phi) is 4.98. The van der Waals surface area contributed by atoms with E-state index in [4.69, 9.17) is 4.98 Å². The van der Waals surface area contributed by atoms with Crippen LogP contribution in [0.5, 0.6) is 0 Å². The maximum atomic E-state index is 11.5. The molecule has 3 nitrogen and oxygen atoms in total. The number of aryl methyl sites for hydroxylation is 2. The second kappa shape index (κ2) is 7.16. The molecule has 0 unspecified atom stereocenters. The van der Waals surface area contributed by atoms with E-state index in [0.717, 1.165) is 38.0 Å². The van der Waals surface area contributed by atoms with Gasteiger partial charge in [-0.25, -0.2) is 0 Å². The van der Waals surface area contributed by atoms with Crippen LogP contribution in [0.4, 0.5) is 0 Å². The summed E-state index contributed by atoms with van der Waals surface area (Å²) in [5, 5.41) is 0. The molecule has 2 aromatic rings. The molecule has 1 aromatic heterocycles. The Bertz CT molecular complexity index is 713. The zero-order valence-electron chi connectivity index (χ0n) is 14.9. The van der Waals surface area contributed by atoms with Crippen molar-refractivity contribution in [1.29, 1.82) is 0 Å². The number of amides is 1. The first-order valence-electron chi connectivity index (χ1n) is 8.80. The normalized spacial score (nSPS) is 15.5. The predicted molar refractivity (Wildman–Crippen MR) is 97.2 cm³/mol. The van der Waals surface area contributed by atoms with E-state index in [0.29, 0.717) is 5.92 Å². The van der Waals surface area contributed by atoms with Crippen LogP contribution in [0, 0.1) is 13.8 Å². The molecule has 0 aliphatic carbocycles. The fourth-order valence-electron chi connectivity index (χ4n) is 3.51. The van der Waals surface area contributed by atoms with Crippen molar-refractivity contribution >= 4 is 5.91 Å².